The van der Waals surface area contributed by atoms with Crippen LogP contribution in [0.3, 0.4) is 0 Å². The number of carbonyl (C=O) groups is 5. The van der Waals surface area contributed by atoms with Crippen molar-refractivity contribution >= 4 is 29.8 Å². The van der Waals surface area contributed by atoms with Gasteiger partial charge in [0.15, 0.2) is 0 Å². The smallest absolute Gasteiger partial charge is 0.327 e. The molecule has 0 saturated heterocycles. The Morgan fingerprint density at radius 2 is 0.680 bits per heavy atom. The summed E-state index contributed by atoms with van der Waals surface area (Å²) in [6.45, 7) is 13.4. The molecule has 0 rings (SSSR count). The Morgan fingerprint density at radius 1 is 0.600 bits per heavy atom. The Kier molecular flexibility index (Phi) is 37.6. The highest BCUT2D eigenvalue weighted by atomic mass is 16.4. The molecule has 0 radical (unpaired) electrons. The van der Waals surface area contributed by atoms with Gasteiger partial charge in [0, 0.05) is 30.7 Å². The predicted molar refractivity (Wildman–Crippen MR) is 89.3 cm³/mol. The van der Waals surface area contributed by atoms with Crippen molar-refractivity contribution < 1.29 is 49.5 Å². The van der Waals surface area contributed by atoms with Gasteiger partial charge in [0.25, 0.3) is 0 Å². The van der Waals surface area contributed by atoms with Gasteiger partial charge < -0.3 is 25.5 Å². The molecular weight excluding hydrogens is 340 g/mol. The Morgan fingerprint density at radius 3 is 0.680 bits per heavy atom. The van der Waals surface area contributed by atoms with Crippen LogP contribution in [0.5, 0.6) is 0 Å². The fourth-order valence-electron chi connectivity index (χ4n) is 0. The molecule has 0 aromatic carbocycles. The molecule has 0 aliphatic heterocycles. The highest BCUT2D eigenvalue weighted by Crippen LogP contribution is 1.67. The summed E-state index contributed by atoms with van der Waals surface area (Å²) in [6.07, 6.45) is 3.56. The van der Waals surface area contributed by atoms with Crippen LogP contribution in [-0.2, 0) is 24.0 Å². The molecular formula is C15H22O10. The number of carboxylic acids is 5. The van der Waals surface area contributed by atoms with Crippen molar-refractivity contribution in [1.82, 2.24) is 0 Å². The summed E-state index contributed by atoms with van der Waals surface area (Å²) in [6, 6.07) is 0. The molecule has 0 aromatic heterocycles. The molecule has 0 aromatic rings. The van der Waals surface area contributed by atoms with Crippen LogP contribution in [0.15, 0.2) is 50.6 Å². The topological polar surface area (TPSA) is 186 Å². The first kappa shape index (κ1) is 33.0. The number of aliphatic carboxylic acids is 5. The molecule has 0 fully saturated rings. The molecule has 0 heterocycles. The molecule has 5 N–H and O–H groups in total. The summed E-state index contributed by atoms with van der Waals surface area (Å²) < 4.78 is 0. The van der Waals surface area contributed by atoms with E-state index in [-0.39, 0.29) is 6.42 Å². The van der Waals surface area contributed by atoms with Crippen molar-refractivity contribution in [2.75, 3.05) is 0 Å². The highest BCUT2D eigenvalue weighted by Gasteiger charge is 1.80. The second-order valence-electron chi connectivity index (χ2n) is 2.92. The van der Waals surface area contributed by atoms with Crippen molar-refractivity contribution in [1.29, 1.82) is 0 Å². The van der Waals surface area contributed by atoms with Crippen LogP contribution in [0.25, 0.3) is 0 Å². The summed E-state index contributed by atoms with van der Waals surface area (Å²) in [5.74, 6) is -4.67. The van der Waals surface area contributed by atoms with Crippen molar-refractivity contribution in [3.8, 4) is 0 Å². The van der Waals surface area contributed by atoms with Crippen LogP contribution in [0.1, 0.15) is 13.3 Å². The zero-order chi connectivity index (χ0) is 21.4. The van der Waals surface area contributed by atoms with Gasteiger partial charge in [-0.3, -0.25) is 4.79 Å². The lowest BCUT2D eigenvalue weighted by Crippen LogP contribution is -1.86. The van der Waals surface area contributed by atoms with Crippen LogP contribution in [-0.4, -0.2) is 55.4 Å². The van der Waals surface area contributed by atoms with Crippen molar-refractivity contribution in [3.63, 3.8) is 0 Å². The molecule has 0 unspecified atom stereocenters. The van der Waals surface area contributed by atoms with Crippen LogP contribution in [0, 0.1) is 0 Å². The largest absolute Gasteiger partial charge is 0.481 e. The Hall–Kier alpha value is -3.69. The first-order valence-corrected chi connectivity index (χ1v) is 5.99. The van der Waals surface area contributed by atoms with Crippen molar-refractivity contribution in [2.45, 2.75) is 13.3 Å². The van der Waals surface area contributed by atoms with E-state index in [0.717, 1.165) is 24.3 Å². The lowest BCUT2D eigenvalue weighted by atomic mass is 10.5. The van der Waals surface area contributed by atoms with Gasteiger partial charge in [0.2, 0.25) is 0 Å². The first-order valence-electron chi connectivity index (χ1n) is 5.99. The first-order chi connectivity index (χ1) is 11.4. The molecule has 10 heteroatoms. The molecule has 142 valence electrons. The average molecular weight is 362 g/mol. The van der Waals surface area contributed by atoms with Crippen molar-refractivity contribution in [3.05, 3.63) is 50.6 Å². The lowest BCUT2D eigenvalue weighted by molar-refractivity contribution is -0.137. The SMILES string of the molecule is C=CC(=O)O.C=CC(=O)O.C=CC(=O)O.C=CC(=O)O.CCC(=O)O. The number of hydrogen-bond acceptors (Lipinski definition) is 5. The minimum atomic E-state index is -0.981. The maximum Gasteiger partial charge on any atom is 0.327 e. The van der Waals surface area contributed by atoms with Gasteiger partial charge >= 0.3 is 29.8 Å². The quantitative estimate of drug-likeness (QED) is 0.448. The summed E-state index contributed by atoms with van der Waals surface area (Å²) >= 11 is 0. The van der Waals surface area contributed by atoms with Gasteiger partial charge in [-0.2, -0.15) is 0 Å². The Labute approximate surface area is 144 Å². The van der Waals surface area contributed by atoms with E-state index >= 15 is 0 Å². The minimum Gasteiger partial charge on any atom is -0.481 e. The van der Waals surface area contributed by atoms with Gasteiger partial charge in [-0.05, 0) is 0 Å². The number of hydrogen-bond donors (Lipinski definition) is 5. The van der Waals surface area contributed by atoms with Crippen LogP contribution >= 0.6 is 0 Å². The number of carboxylic acid groups (broad SMARTS) is 5. The average Bonchev–Trinajstić information content (AvgIpc) is 2.56. The Balaban J connectivity index is -0.0000000667. The van der Waals surface area contributed by atoms with E-state index in [4.69, 9.17) is 25.5 Å². The van der Waals surface area contributed by atoms with Gasteiger partial charge in [-0.1, -0.05) is 33.2 Å². The molecule has 0 spiro atoms. The fourth-order valence-corrected chi connectivity index (χ4v) is 0. The second kappa shape index (κ2) is 28.5. The summed E-state index contributed by atoms with van der Waals surface area (Å²) in [5, 5.41) is 38.1. The van der Waals surface area contributed by atoms with E-state index < -0.39 is 29.8 Å². The van der Waals surface area contributed by atoms with Crippen molar-refractivity contribution in [2.24, 2.45) is 0 Å². The summed E-state index contributed by atoms with van der Waals surface area (Å²) in [4.78, 5) is 46.4. The lowest BCUT2D eigenvalue weighted by Gasteiger charge is -1.71. The monoisotopic (exact) mass is 362 g/mol. The maximum absolute atomic E-state index is 9.37. The third-order valence-electron chi connectivity index (χ3n) is 1.00. The fraction of sp³-hybridized carbons (Fsp3) is 0.133. The van der Waals surface area contributed by atoms with Gasteiger partial charge in [0.05, 0.1) is 0 Å². The molecule has 0 saturated carbocycles. The van der Waals surface area contributed by atoms with E-state index in [1.54, 1.807) is 6.92 Å². The molecule has 0 aliphatic carbocycles. The van der Waals surface area contributed by atoms with E-state index in [1.807, 2.05) is 0 Å². The zero-order valence-corrected chi connectivity index (χ0v) is 13.6. The van der Waals surface area contributed by atoms with Crippen LogP contribution in [0.4, 0.5) is 0 Å². The second-order valence-corrected chi connectivity index (χ2v) is 2.92. The minimum absolute atomic E-state index is 0.222. The van der Waals surface area contributed by atoms with E-state index in [1.165, 1.54) is 0 Å². The van der Waals surface area contributed by atoms with Gasteiger partial charge in [0.1, 0.15) is 0 Å². The molecule has 0 aliphatic rings. The van der Waals surface area contributed by atoms with Gasteiger partial charge in [-0.25, -0.2) is 19.2 Å². The van der Waals surface area contributed by atoms with E-state index in [2.05, 4.69) is 26.3 Å². The molecule has 10 nitrogen and oxygen atoms in total. The molecule has 0 amide bonds. The molecule has 0 atom stereocenters. The standard InChI is InChI=1S/C3H6O2.4C3H4O2/c5*1-2-3(4)5/h2H2,1H3,(H,4,5);4*2H,1H2,(H,4,5). The molecule has 25 heavy (non-hydrogen) atoms. The number of rotatable bonds is 5. The molecule has 0 bridgehead atoms. The predicted octanol–water partition coefficient (Wildman–Crippen LogP) is 1.51. The zero-order valence-electron chi connectivity index (χ0n) is 13.6. The summed E-state index contributed by atoms with van der Waals surface area (Å²) in [5.41, 5.74) is 0. The maximum atomic E-state index is 9.37. The third kappa shape index (κ3) is 171. The summed E-state index contributed by atoms with van der Waals surface area (Å²) in [7, 11) is 0. The van der Waals surface area contributed by atoms with Crippen LogP contribution in [0.2, 0.25) is 0 Å². The Bertz CT molecular complexity index is 391. The highest BCUT2D eigenvalue weighted by molar-refractivity contribution is 5.79. The van der Waals surface area contributed by atoms with E-state index in [0.29, 0.717) is 0 Å². The van der Waals surface area contributed by atoms with Gasteiger partial charge in [-0.15, -0.1) is 0 Å². The third-order valence-corrected chi connectivity index (χ3v) is 1.00. The van der Waals surface area contributed by atoms with Crippen LogP contribution < -0.4 is 0 Å². The van der Waals surface area contributed by atoms with E-state index in [9.17, 15) is 24.0 Å². The normalized spacial score (nSPS) is 6.60.